The molecule has 5 heteroatoms. The number of nitrogens with one attached hydrogen (secondary N) is 2. The van der Waals surface area contributed by atoms with Crippen molar-refractivity contribution in [3.05, 3.63) is 42.6 Å². The molecule has 0 aliphatic rings. The van der Waals surface area contributed by atoms with Gasteiger partial charge in [-0.15, -0.1) is 11.3 Å². The molecule has 0 bridgehead atoms. The predicted octanol–water partition coefficient (Wildman–Crippen LogP) is 3.09. The first-order chi connectivity index (χ1) is 8.45. The van der Waals surface area contributed by atoms with Crippen molar-refractivity contribution in [2.24, 2.45) is 0 Å². The Morgan fingerprint density at radius 3 is 2.61 bits per heavy atom. The summed E-state index contributed by atoms with van der Waals surface area (Å²) in [6, 6.07) is 4.38. The van der Waals surface area contributed by atoms with Crippen LogP contribution in [0.5, 0.6) is 0 Å². The third-order valence-electron chi connectivity index (χ3n) is 2.59. The summed E-state index contributed by atoms with van der Waals surface area (Å²) in [6.45, 7) is 8.24. The Bertz CT molecular complexity index is 560. The van der Waals surface area contributed by atoms with E-state index in [1.165, 1.54) is 21.1 Å². The number of aromatic amines is 1. The van der Waals surface area contributed by atoms with Crippen LogP contribution in [0.1, 0.15) is 36.2 Å². The highest BCUT2D eigenvalue weighted by molar-refractivity contribution is 7.12. The molecule has 0 fully saturated rings. The fourth-order valence-electron chi connectivity index (χ4n) is 1.60. The first-order valence-electron chi connectivity index (χ1n) is 5.92. The molecule has 0 spiro atoms. The Labute approximate surface area is 115 Å². The molecule has 2 aromatic heterocycles. The van der Waals surface area contributed by atoms with Gasteiger partial charge < -0.3 is 10.3 Å². The fourth-order valence-corrected chi connectivity index (χ4v) is 3.21. The molecule has 2 rings (SSSR count). The van der Waals surface area contributed by atoms with Gasteiger partial charge in [0, 0.05) is 33.9 Å². The Morgan fingerprint density at radius 1 is 1.28 bits per heavy atom. The summed E-state index contributed by atoms with van der Waals surface area (Å²) >= 11 is 3.06. The molecule has 0 radical (unpaired) electrons. The van der Waals surface area contributed by atoms with Crippen LogP contribution in [-0.4, -0.2) is 4.98 Å². The van der Waals surface area contributed by atoms with Gasteiger partial charge in [0.25, 0.3) is 0 Å². The van der Waals surface area contributed by atoms with Gasteiger partial charge in [0.15, 0.2) is 0 Å². The van der Waals surface area contributed by atoms with Gasteiger partial charge in [-0.2, -0.15) is 0 Å². The summed E-state index contributed by atoms with van der Waals surface area (Å²) < 4.78 is 0. The van der Waals surface area contributed by atoms with Crippen LogP contribution in [0.3, 0.4) is 0 Å². The fraction of sp³-hybridized carbons (Fsp3) is 0.462. The summed E-state index contributed by atoms with van der Waals surface area (Å²) in [5.41, 5.74) is 1.18. The average Bonchev–Trinajstić information content (AvgIpc) is 2.87. The largest absolute Gasteiger partial charge is 0.315 e. The van der Waals surface area contributed by atoms with Crippen molar-refractivity contribution in [1.29, 1.82) is 0 Å². The van der Waals surface area contributed by atoms with Gasteiger partial charge in [0.1, 0.15) is 0 Å². The molecule has 2 N–H and O–H groups in total. The molecule has 0 unspecified atom stereocenters. The lowest BCUT2D eigenvalue weighted by atomic mass is 9.95. The molecule has 0 saturated heterocycles. The summed E-state index contributed by atoms with van der Waals surface area (Å²) in [4.78, 5) is 16.5. The molecular weight excluding hydrogens is 264 g/mol. The normalized spacial score (nSPS) is 11.9. The SMILES string of the molecule is CC(C)(C)c1ccc(CNCc2csc(=O)[nH]2)s1. The van der Waals surface area contributed by atoms with Gasteiger partial charge in [0.05, 0.1) is 0 Å². The quantitative estimate of drug-likeness (QED) is 0.905. The van der Waals surface area contributed by atoms with Crippen LogP contribution >= 0.6 is 22.7 Å². The van der Waals surface area contributed by atoms with Crippen molar-refractivity contribution in [2.45, 2.75) is 39.3 Å². The molecule has 98 valence electrons. The zero-order chi connectivity index (χ0) is 13.2. The maximum Gasteiger partial charge on any atom is 0.304 e. The second-order valence-electron chi connectivity index (χ2n) is 5.29. The van der Waals surface area contributed by atoms with E-state index in [-0.39, 0.29) is 10.3 Å². The zero-order valence-corrected chi connectivity index (χ0v) is 12.5. The number of thiazole rings is 1. The minimum absolute atomic E-state index is 0.0120. The molecule has 2 aromatic rings. The number of rotatable bonds is 4. The average molecular weight is 282 g/mol. The van der Waals surface area contributed by atoms with Crippen LogP contribution in [0, 0.1) is 0 Å². The van der Waals surface area contributed by atoms with Gasteiger partial charge >= 0.3 is 4.87 Å². The minimum atomic E-state index is 0.0120. The van der Waals surface area contributed by atoms with Crippen LogP contribution in [0.2, 0.25) is 0 Å². The molecule has 2 heterocycles. The summed E-state index contributed by atoms with van der Waals surface area (Å²) in [6.07, 6.45) is 0. The molecular formula is C13H18N2OS2. The predicted molar refractivity (Wildman–Crippen MR) is 78.5 cm³/mol. The van der Waals surface area contributed by atoms with E-state index >= 15 is 0 Å². The lowest BCUT2D eigenvalue weighted by molar-refractivity contribution is 0.604. The topological polar surface area (TPSA) is 44.9 Å². The van der Waals surface area contributed by atoms with E-state index in [0.717, 1.165) is 12.2 Å². The van der Waals surface area contributed by atoms with Gasteiger partial charge in [-0.25, -0.2) is 0 Å². The van der Waals surface area contributed by atoms with E-state index in [1.807, 2.05) is 16.7 Å². The van der Waals surface area contributed by atoms with E-state index in [4.69, 9.17) is 0 Å². The summed E-state index contributed by atoms with van der Waals surface area (Å²) in [7, 11) is 0. The second-order valence-corrected chi connectivity index (χ2v) is 7.30. The molecule has 0 amide bonds. The number of aromatic nitrogens is 1. The number of H-pyrrole nitrogens is 1. The lowest BCUT2D eigenvalue weighted by Crippen LogP contribution is -2.13. The van der Waals surface area contributed by atoms with Crippen molar-refractivity contribution in [3.63, 3.8) is 0 Å². The highest BCUT2D eigenvalue weighted by atomic mass is 32.1. The summed E-state index contributed by atoms with van der Waals surface area (Å²) in [5, 5.41) is 5.21. The van der Waals surface area contributed by atoms with E-state index in [9.17, 15) is 4.79 Å². The Morgan fingerprint density at radius 2 is 2.06 bits per heavy atom. The second kappa shape index (κ2) is 5.38. The standard InChI is InChI=1S/C13H18N2OS2/c1-13(2,3)11-5-4-10(18-11)7-14-6-9-8-17-12(16)15-9/h4-5,8,14H,6-7H2,1-3H3,(H,15,16). The van der Waals surface area contributed by atoms with E-state index < -0.39 is 0 Å². The van der Waals surface area contributed by atoms with Crippen molar-refractivity contribution in [2.75, 3.05) is 0 Å². The number of hydrogen-bond acceptors (Lipinski definition) is 4. The molecule has 0 atom stereocenters. The maximum absolute atomic E-state index is 11.0. The van der Waals surface area contributed by atoms with Gasteiger partial charge in [-0.3, -0.25) is 4.79 Å². The van der Waals surface area contributed by atoms with Crippen molar-refractivity contribution >= 4 is 22.7 Å². The van der Waals surface area contributed by atoms with Gasteiger partial charge in [-0.1, -0.05) is 32.1 Å². The Kier molecular flexibility index (Phi) is 4.04. The monoisotopic (exact) mass is 282 g/mol. The lowest BCUT2D eigenvalue weighted by Gasteiger charge is -2.15. The molecule has 0 aliphatic carbocycles. The summed E-state index contributed by atoms with van der Waals surface area (Å²) in [5.74, 6) is 0. The van der Waals surface area contributed by atoms with Crippen LogP contribution in [0.25, 0.3) is 0 Å². The van der Waals surface area contributed by atoms with Crippen molar-refractivity contribution in [3.8, 4) is 0 Å². The van der Waals surface area contributed by atoms with Gasteiger partial charge in [0.2, 0.25) is 0 Å². The molecule has 0 saturated carbocycles. The Hall–Kier alpha value is -0.910. The highest BCUT2D eigenvalue weighted by Crippen LogP contribution is 2.29. The first-order valence-corrected chi connectivity index (χ1v) is 7.61. The van der Waals surface area contributed by atoms with Crippen LogP contribution < -0.4 is 10.2 Å². The Balaban J connectivity index is 1.87. The van der Waals surface area contributed by atoms with Crippen LogP contribution in [0.4, 0.5) is 0 Å². The highest BCUT2D eigenvalue weighted by Gasteiger charge is 2.15. The van der Waals surface area contributed by atoms with Crippen LogP contribution in [0.15, 0.2) is 22.3 Å². The first kappa shape index (κ1) is 13.5. The zero-order valence-electron chi connectivity index (χ0n) is 10.9. The molecule has 0 aromatic carbocycles. The van der Waals surface area contributed by atoms with E-state index in [1.54, 1.807) is 0 Å². The van der Waals surface area contributed by atoms with E-state index in [0.29, 0.717) is 6.54 Å². The number of thiophene rings is 1. The molecule has 0 aliphatic heterocycles. The maximum atomic E-state index is 11.0. The molecule has 18 heavy (non-hydrogen) atoms. The van der Waals surface area contributed by atoms with Crippen molar-refractivity contribution in [1.82, 2.24) is 10.3 Å². The number of hydrogen-bond donors (Lipinski definition) is 2. The molecule has 3 nitrogen and oxygen atoms in total. The van der Waals surface area contributed by atoms with Crippen molar-refractivity contribution < 1.29 is 0 Å². The third-order valence-corrected chi connectivity index (χ3v) is 4.82. The smallest absolute Gasteiger partial charge is 0.304 e. The third kappa shape index (κ3) is 3.54. The van der Waals surface area contributed by atoms with Gasteiger partial charge in [-0.05, 0) is 17.5 Å². The van der Waals surface area contributed by atoms with E-state index in [2.05, 4.69) is 43.2 Å². The van der Waals surface area contributed by atoms with Crippen LogP contribution in [-0.2, 0) is 18.5 Å². The minimum Gasteiger partial charge on any atom is -0.315 e.